The standard InChI is InChI=1S/C10H13NO2/c1-13-7-2-3-8(10(12)6-7)9-4-5-11-9/h2-3,6,9,11-12H,4-5H2,1H3/t9-/m1/s1. The molecule has 1 saturated heterocycles. The zero-order valence-corrected chi connectivity index (χ0v) is 7.58. The first kappa shape index (κ1) is 8.38. The minimum Gasteiger partial charge on any atom is -0.507 e. The van der Waals surface area contributed by atoms with E-state index in [1.165, 1.54) is 0 Å². The van der Waals surface area contributed by atoms with Gasteiger partial charge in [-0.15, -0.1) is 0 Å². The molecule has 2 rings (SSSR count). The monoisotopic (exact) mass is 179 g/mol. The third kappa shape index (κ3) is 1.47. The number of aromatic hydroxyl groups is 1. The first-order valence-corrected chi connectivity index (χ1v) is 4.41. The van der Waals surface area contributed by atoms with Crippen LogP contribution in [0.15, 0.2) is 18.2 Å². The van der Waals surface area contributed by atoms with Crippen LogP contribution in [0.3, 0.4) is 0 Å². The van der Waals surface area contributed by atoms with E-state index in [0.717, 1.165) is 18.5 Å². The second kappa shape index (κ2) is 3.26. The van der Waals surface area contributed by atoms with E-state index >= 15 is 0 Å². The zero-order chi connectivity index (χ0) is 9.26. The Morgan fingerprint density at radius 1 is 1.54 bits per heavy atom. The van der Waals surface area contributed by atoms with Gasteiger partial charge in [-0.1, -0.05) is 6.07 Å². The molecule has 0 bridgehead atoms. The molecule has 13 heavy (non-hydrogen) atoms. The lowest BCUT2D eigenvalue weighted by Crippen LogP contribution is -2.34. The van der Waals surface area contributed by atoms with E-state index in [2.05, 4.69) is 5.32 Å². The predicted octanol–water partition coefficient (Wildman–Crippen LogP) is 1.44. The fraction of sp³-hybridized carbons (Fsp3) is 0.400. The Morgan fingerprint density at radius 2 is 2.31 bits per heavy atom. The van der Waals surface area contributed by atoms with Crippen LogP contribution in [-0.4, -0.2) is 18.8 Å². The number of phenolic OH excluding ortho intramolecular Hbond substituents is 1. The summed E-state index contributed by atoms with van der Waals surface area (Å²) < 4.78 is 5.00. The van der Waals surface area contributed by atoms with Gasteiger partial charge in [0.15, 0.2) is 0 Å². The Hall–Kier alpha value is -1.22. The molecule has 3 heteroatoms. The molecule has 2 N–H and O–H groups in total. The fourth-order valence-corrected chi connectivity index (χ4v) is 1.50. The first-order chi connectivity index (χ1) is 6.31. The first-order valence-electron chi connectivity index (χ1n) is 4.41. The summed E-state index contributed by atoms with van der Waals surface area (Å²) in [6, 6.07) is 5.75. The number of rotatable bonds is 2. The number of hydrogen-bond acceptors (Lipinski definition) is 3. The lowest BCUT2D eigenvalue weighted by molar-refractivity contribution is 0.360. The Kier molecular flexibility index (Phi) is 2.10. The lowest BCUT2D eigenvalue weighted by atomic mass is 9.97. The molecule has 1 aromatic carbocycles. The van der Waals surface area contributed by atoms with Gasteiger partial charge in [0, 0.05) is 17.7 Å². The lowest BCUT2D eigenvalue weighted by Gasteiger charge is -2.28. The van der Waals surface area contributed by atoms with E-state index in [1.54, 1.807) is 13.2 Å². The summed E-state index contributed by atoms with van der Waals surface area (Å²) in [6.45, 7) is 1.04. The smallest absolute Gasteiger partial charge is 0.124 e. The molecular formula is C10H13NO2. The summed E-state index contributed by atoms with van der Waals surface area (Å²) in [4.78, 5) is 0. The van der Waals surface area contributed by atoms with Crippen molar-refractivity contribution in [3.63, 3.8) is 0 Å². The Balaban J connectivity index is 2.26. The SMILES string of the molecule is COc1ccc([C@H]2CCN2)c(O)c1. The summed E-state index contributed by atoms with van der Waals surface area (Å²) in [6.07, 6.45) is 1.10. The molecule has 1 aliphatic rings. The number of methoxy groups -OCH3 is 1. The topological polar surface area (TPSA) is 41.5 Å². The number of phenols is 1. The Labute approximate surface area is 77.3 Å². The number of benzene rings is 1. The van der Waals surface area contributed by atoms with E-state index < -0.39 is 0 Å². The molecule has 1 heterocycles. The minimum atomic E-state index is 0.316. The van der Waals surface area contributed by atoms with Gasteiger partial charge in [0.2, 0.25) is 0 Å². The van der Waals surface area contributed by atoms with E-state index in [0.29, 0.717) is 17.5 Å². The van der Waals surface area contributed by atoms with E-state index in [9.17, 15) is 5.11 Å². The fourth-order valence-electron chi connectivity index (χ4n) is 1.50. The molecule has 1 aromatic rings. The van der Waals surface area contributed by atoms with Crippen molar-refractivity contribution in [2.24, 2.45) is 0 Å². The third-order valence-corrected chi connectivity index (χ3v) is 2.44. The maximum Gasteiger partial charge on any atom is 0.124 e. The van der Waals surface area contributed by atoms with Crippen molar-refractivity contribution >= 4 is 0 Å². The maximum absolute atomic E-state index is 9.64. The molecule has 0 radical (unpaired) electrons. The molecule has 0 aromatic heterocycles. The van der Waals surface area contributed by atoms with Crippen LogP contribution in [0.1, 0.15) is 18.0 Å². The van der Waals surface area contributed by atoms with E-state index in [4.69, 9.17) is 4.74 Å². The second-order valence-electron chi connectivity index (χ2n) is 3.22. The van der Waals surface area contributed by atoms with Crippen molar-refractivity contribution in [1.82, 2.24) is 5.32 Å². The Morgan fingerprint density at radius 3 is 2.77 bits per heavy atom. The van der Waals surface area contributed by atoms with Crippen molar-refractivity contribution in [2.45, 2.75) is 12.5 Å². The van der Waals surface area contributed by atoms with Crippen molar-refractivity contribution in [2.75, 3.05) is 13.7 Å². The van der Waals surface area contributed by atoms with Gasteiger partial charge in [-0.2, -0.15) is 0 Å². The van der Waals surface area contributed by atoms with Crippen molar-refractivity contribution < 1.29 is 9.84 Å². The summed E-state index contributed by atoms with van der Waals surface area (Å²) in [5, 5.41) is 12.9. The van der Waals surface area contributed by atoms with Crippen LogP contribution < -0.4 is 10.1 Å². The van der Waals surface area contributed by atoms with Crippen molar-refractivity contribution in [3.05, 3.63) is 23.8 Å². The van der Waals surface area contributed by atoms with Gasteiger partial charge in [0.25, 0.3) is 0 Å². The molecule has 1 atom stereocenters. The molecule has 3 nitrogen and oxygen atoms in total. The summed E-state index contributed by atoms with van der Waals surface area (Å²) in [5.74, 6) is 1.01. The van der Waals surface area contributed by atoms with E-state index in [1.807, 2.05) is 12.1 Å². The van der Waals surface area contributed by atoms with Gasteiger partial charge in [-0.3, -0.25) is 0 Å². The largest absolute Gasteiger partial charge is 0.507 e. The molecule has 0 amide bonds. The van der Waals surface area contributed by atoms with Crippen LogP contribution in [0.5, 0.6) is 11.5 Å². The van der Waals surface area contributed by atoms with Gasteiger partial charge >= 0.3 is 0 Å². The molecule has 0 saturated carbocycles. The van der Waals surface area contributed by atoms with Crippen molar-refractivity contribution in [1.29, 1.82) is 0 Å². The van der Waals surface area contributed by atoms with Crippen LogP contribution in [0, 0.1) is 0 Å². The number of ether oxygens (including phenoxy) is 1. The second-order valence-corrected chi connectivity index (χ2v) is 3.22. The molecule has 70 valence electrons. The van der Waals surface area contributed by atoms with Crippen LogP contribution in [0.2, 0.25) is 0 Å². The number of hydrogen-bond donors (Lipinski definition) is 2. The highest BCUT2D eigenvalue weighted by Gasteiger charge is 2.21. The molecule has 0 spiro atoms. The normalized spacial score (nSPS) is 20.8. The Bertz CT molecular complexity index is 308. The minimum absolute atomic E-state index is 0.316. The highest BCUT2D eigenvalue weighted by molar-refractivity contribution is 5.42. The van der Waals surface area contributed by atoms with Gasteiger partial charge < -0.3 is 15.2 Å². The average Bonchev–Trinajstić information content (AvgIpc) is 2.05. The summed E-state index contributed by atoms with van der Waals surface area (Å²) in [7, 11) is 1.59. The highest BCUT2D eigenvalue weighted by atomic mass is 16.5. The van der Waals surface area contributed by atoms with E-state index in [-0.39, 0.29) is 0 Å². The van der Waals surface area contributed by atoms with Gasteiger partial charge in [-0.25, -0.2) is 0 Å². The summed E-state index contributed by atoms with van der Waals surface area (Å²) >= 11 is 0. The van der Waals surface area contributed by atoms with Crippen molar-refractivity contribution in [3.8, 4) is 11.5 Å². The average molecular weight is 179 g/mol. The molecule has 1 aliphatic heterocycles. The van der Waals surface area contributed by atoms with Crippen LogP contribution in [0.25, 0.3) is 0 Å². The number of nitrogens with one attached hydrogen (secondary N) is 1. The van der Waals surface area contributed by atoms with Gasteiger partial charge in [0.05, 0.1) is 7.11 Å². The molecule has 0 unspecified atom stereocenters. The van der Waals surface area contributed by atoms with Crippen LogP contribution in [-0.2, 0) is 0 Å². The van der Waals surface area contributed by atoms with Gasteiger partial charge in [-0.05, 0) is 19.0 Å². The predicted molar refractivity (Wildman–Crippen MR) is 50.0 cm³/mol. The molecule has 0 aliphatic carbocycles. The molecular weight excluding hydrogens is 166 g/mol. The zero-order valence-electron chi connectivity index (χ0n) is 7.58. The maximum atomic E-state index is 9.64. The third-order valence-electron chi connectivity index (χ3n) is 2.44. The summed E-state index contributed by atoms with van der Waals surface area (Å²) in [5.41, 5.74) is 0.965. The van der Waals surface area contributed by atoms with Crippen LogP contribution in [0.4, 0.5) is 0 Å². The van der Waals surface area contributed by atoms with Gasteiger partial charge in [0.1, 0.15) is 11.5 Å². The molecule has 1 fully saturated rings. The highest BCUT2D eigenvalue weighted by Crippen LogP contribution is 2.32. The quantitative estimate of drug-likeness (QED) is 0.721. The van der Waals surface area contributed by atoms with Crippen LogP contribution >= 0.6 is 0 Å².